The number of rotatable bonds is 9. The second-order valence-corrected chi connectivity index (χ2v) is 8.89. The number of nitrogens with one attached hydrogen (secondary N) is 1. The summed E-state index contributed by atoms with van der Waals surface area (Å²) in [5, 5.41) is 11.4. The Morgan fingerprint density at radius 1 is 1.09 bits per heavy atom. The lowest BCUT2D eigenvalue weighted by Gasteiger charge is -2.20. The minimum atomic E-state index is -0.468. The van der Waals surface area contributed by atoms with Gasteiger partial charge in [0.1, 0.15) is 6.61 Å². The van der Waals surface area contributed by atoms with Crippen molar-refractivity contribution in [2.24, 2.45) is 0 Å². The molecule has 0 fully saturated rings. The Hall–Kier alpha value is -3.07. The molecule has 3 rings (SSSR count). The molecule has 0 spiro atoms. The molecule has 0 aliphatic heterocycles. The highest BCUT2D eigenvalue weighted by Gasteiger charge is 2.18. The van der Waals surface area contributed by atoms with Crippen LogP contribution in [-0.2, 0) is 11.4 Å². The molecule has 0 bridgehead atoms. The van der Waals surface area contributed by atoms with Crippen molar-refractivity contribution >= 4 is 23.4 Å². The fourth-order valence-electron chi connectivity index (χ4n) is 3.21. The van der Waals surface area contributed by atoms with Crippen LogP contribution in [0.3, 0.4) is 0 Å². The van der Waals surface area contributed by atoms with Crippen LogP contribution in [0.5, 0.6) is 5.75 Å². The van der Waals surface area contributed by atoms with E-state index in [-0.39, 0.29) is 35.9 Å². The molecule has 0 aliphatic carbocycles. The summed E-state index contributed by atoms with van der Waals surface area (Å²) in [7, 11) is 0. The first kappa shape index (κ1) is 23.6. The fraction of sp³-hybridized carbons (Fsp3) is 0.348. The predicted octanol–water partition coefficient (Wildman–Crippen LogP) is 4.69. The normalized spacial score (nSPS) is 11.2. The van der Waals surface area contributed by atoms with Gasteiger partial charge in [-0.2, -0.15) is 0 Å². The number of benzene rings is 2. The highest BCUT2D eigenvalue weighted by Crippen LogP contribution is 2.32. The summed E-state index contributed by atoms with van der Waals surface area (Å²) < 4.78 is 20.4. The molecule has 1 aromatic heterocycles. The van der Waals surface area contributed by atoms with Crippen molar-refractivity contribution in [2.45, 2.75) is 51.3 Å². The molecule has 0 atom stereocenters. The van der Waals surface area contributed by atoms with Crippen molar-refractivity contribution in [3.63, 3.8) is 0 Å². The van der Waals surface area contributed by atoms with Crippen LogP contribution in [0.2, 0.25) is 0 Å². The van der Waals surface area contributed by atoms with Crippen molar-refractivity contribution < 1.29 is 13.9 Å². The molecule has 170 valence electrons. The van der Waals surface area contributed by atoms with Gasteiger partial charge in [-0.3, -0.25) is 4.79 Å². The van der Waals surface area contributed by atoms with Crippen molar-refractivity contribution in [1.29, 1.82) is 0 Å². The Balaban J connectivity index is 1.63. The van der Waals surface area contributed by atoms with E-state index in [1.165, 1.54) is 28.6 Å². The summed E-state index contributed by atoms with van der Waals surface area (Å²) in [5.74, 6) is 6.52. The Bertz CT molecular complexity index is 1060. The third-order valence-electron chi connectivity index (χ3n) is 4.90. The van der Waals surface area contributed by atoms with Gasteiger partial charge in [-0.25, -0.2) is 9.07 Å². The van der Waals surface area contributed by atoms with Crippen LogP contribution in [0.1, 0.15) is 56.5 Å². The van der Waals surface area contributed by atoms with Crippen LogP contribution in [-0.4, -0.2) is 26.5 Å². The van der Waals surface area contributed by atoms with E-state index >= 15 is 0 Å². The van der Waals surface area contributed by atoms with Gasteiger partial charge in [0.05, 0.1) is 5.75 Å². The third-order valence-corrected chi connectivity index (χ3v) is 5.84. The van der Waals surface area contributed by atoms with E-state index in [0.717, 1.165) is 16.8 Å². The number of hydrogen-bond acceptors (Lipinski definition) is 6. The van der Waals surface area contributed by atoms with Gasteiger partial charge in [0.15, 0.2) is 17.4 Å². The molecule has 0 saturated heterocycles. The molecule has 0 saturated carbocycles. The van der Waals surface area contributed by atoms with E-state index in [9.17, 15) is 9.18 Å². The number of carbonyl (C=O) groups excluding carboxylic acids is 1. The molecular formula is C23H28FN5O2S. The van der Waals surface area contributed by atoms with Crippen LogP contribution < -0.4 is 15.9 Å². The maximum absolute atomic E-state index is 13.7. The monoisotopic (exact) mass is 457 g/mol. The molecular weight excluding hydrogens is 429 g/mol. The molecule has 2 aromatic carbocycles. The second kappa shape index (κ2) is 10.5. The van der Waals surface area contributed by atoms with Crippen molar-refractivity contribution in [2.75, 3.05) is 16.9 Å². The highest BCUT2D eigenvalue weighted by molar-refractivity contribution is 7.99. The first-order valence-electron chi connectivity index (χ1n) is 10.4. The molecule has 3 aromatic rings. The molecule has 0 unspecified atom stereocenters. The first-order chi connectivity index (χ1) is 15.3. The van der Waals surface area contributed by atoms with Gasteiger partial charge in [-0.15, -0.1) is 10.2 Å². The largest absolute Gasteiger partial charge is 0.482 e. The van der Waals surface area contributed by atoms with Crippen LogP contribution in [0, 0.1) is 5.82 Å². The van der Waals surface area contributed by atoms with E-state index < -0.39 is 5.82 Å². The van der Waals surface area contributed by atoms with Gasteiger partial charge in [0.2, 0.25) is 11.1 Å². The summed E-state index contributed by atoms with van der Waals surface area (Å²) in [6, 6.07) is 12.2. The summed E-state index contributed by atoms with van der Waals surface area (Å²) >= 11 is 1.17. The zero-order valence-electron chi connectivity index (χ0n) is 18.6. The van der Waals surface area contributed by atoms with Gasteiger partial charge in [-0.1, -0.05) is 69.8 Å². The summed E-state index contributed by atoms with van der Waals surface area (Å²) in [6.45, 7) is 8.37. The topological polar surface area (TPSA) is 95.1 Å². The average Bonchev–Trinajstić information content (AvgIpc) is 3.11. The number of para-hydroxylation sites is 2. The van der Waals surface area contributed by atoms with Gasteiger partial charge < -0.3 is 15.9 Å². The van der Waals surface area contributed by atoms with Crippen LogP contribution in [0.25, 0.3) is 0 Å². The van der Waals surface area contributed by atoms with Crippen LogP contribution in [0.15, 0.2) is 47.6 Å². The standard InChI is InChI=1S/C23H28FN5O2S/c1-14(2)16-8-7-9-17(15(3)4)22(16)26-21(30)13-32-23-28-27-20(29(23)25)12-31-19-11-6-5-10-18(19)24/h5-11,14-15H,12-13,25H2,1-4H3,(H,26,30). The number of ether oxygens (including phenoxy) is 1. The van der Waals surface area contributed by atoms with Gasteiger partial charge in [0.25, 0.3) is 0 Å². The SMILES string of the molecule is CC(C)c1cccc(C(C)C)c1NC(=O)CSc1nnc(COc2ccccc2F)n1N. The van der Waals surface area contributed by atoms with Crippen LogP contribution >= 0.6 is 11.8 Å². The molecule has 1 heterocycles. The number of halogens is 1. The molecule has 9 heteroatoms. The van der Waals surface area contributed by atoms with Crippen molar-refractivity contribution in [3.8, 4) is 5.75 Å². The lowest BCUT2D eigenvalue weighted by atomic mass is 9.92. The number of nitrogens with zero attached hydrogens (tertiary/aromatic N) is 3. The molecule has 1 amide bonds. The van der Waals surface area contributed by atoms with Gasteiger partial charge >= 0.3 is 0 Å². The first-order valence-corrected chi connectivity index (χ1v) is 11.4. The van der Waals surface area contributed by atoms with E-state index in [2.05, 4.69) is 43.2 Å². The molecule has 7 nitrogen and oxygen atoms in total. The van der Waals surface area contributed by atoms with Crippen molar-refractivity contribution in [1.82, 2.24) is 14.9 Å². The Labute approximate surface area is 191 Å². The smallest absolute Gasteiger partial charge is 0.234 e. The number of nitrogens with two attached hydrogens (primary N) is 1. The molecule has 3 N–H and O–H groups in total. The van der Waals surface area contributed by atoms with E-state index in [0.29, 0.717) is 11.0 Å². The number of aromatic nitrogens is 3. The van der Waals surface area contributed by atoms with E-state index in [1.807, 2.05) is 18.2 Å². The minimum absolute atomic E-state index is 0.0449. The highest BCUT2D eigenvalue weighted by atomic mass is 32.2. The lowest BCUT2D eigenvalue weighted by Crippen LogP contribution is -2.19. The number of nitrogen functional groups attached to an aromatic ring is 1. The molecule has 32 heavy (non-hydrogen) atoms. The van der Waals surface area contributed by atoms with Crippen LogP contribution in [0.4, 0.5) is 10.1 Å². The molecule has 0 radical (unpaired) electrons. The summed E-state index contributed by atoms with van der Waals surface area (Å²) in [6.07, 6.45) is 0. The number of thioether (sulfide) groups is 1. The fourth-order valence-corrected chi connectivity index (χ4v) is 3.88. The van der Waals surface area contributed by atoms with E-state index in [4.69, 9.17) is 10.6 Å². The second-order valence-electron chi connectivity index (χ2n) is 7.95. The number of anilines is 1. The lowest BCUT2D eigenvalue weighted by molar-refractivity contribution is -0.113. The minimum Gasteiger partial charge on any atom is -0.482 e. The number of carbonyl (C=O) groups is 1. The average molecular weight is 458 g/mol. The summed E-state index contributed by atoms with van der Waals surface area (Å²) in [4.78, 5) is 12.7. The predicted molar refractivity (Wildman–Crippen MR) is 125 cm³/mol. The van der Waals surface area contributed by atoms with E-state index in [1.54, 1.807) is 12.1 Å². The number of hydrogen-bond donors (Lipinski definition) is 2. The van der Waals surface area contributed by atoms with Gasteiger partial charge in [0, 0.05) is 5.69 Å². The Morgan fingerprint density at radius 3 is 2.38 bits per heavy atom. The van der Waals surface area contributed by atoms with Gasteiger partial charge in [-0.05, 0) is 35.1 Å². The maximum Gasteiger partial charge on any atom is 0.234 e. The quantitative estimate of drug-likeness (QED) is 0.358. The summed E-state index contributed by atoms with van der Waals surface area (Å²) in [5.41, 5.74) is 3.07. The van der Waals surface area contributed by atoms with Crippen molar-refractivity contribution in [3.05, 3.63) is 65.2 Å². The Kier molecular flexibility index (Phi) is 7.74. The zero-order valence-corrected chi connectivity index (χ0v) is 19.4. The number of amides is 1. The maximum atomic E-state index is 13.7. The zero-order chi connectivity index (χ0) is 23.3. The molecule has 0 aliphatic rings. The third kappa shape index (κ3) is 5.59. The Morgan fingerprint density at radius 2 is 1.75 bits per heavy atom.